The molecule has 110 valence electrons. The van der Waals surface area contributed by atoms with Crippen molar-refractivity contribution in [3.05, 3.63) is 41.0 Å². The summed E-state index contributed by atoms with van der Waals surface area (Å²) in [6, 6.07) is 7.10. The Morgan fingerprint density at radius 2 is 2.33 bits per heavy atom. The van der Waals surface area contributed by atoms with Gasteiger partial charge in [-0.3, -0.25) is 9.69 Å². The van der Waals surface area contributed by atoms with Crippen LogP contribution in [0.4, 0.5) is 5.69 Å². The van der Waals surface area contributed by atoms with Crippen LogP contribution in [0.15, 0.2) is 28.8 Å². The highest BCUT2D eigenvalue weighted by Gasteiger charge is 2.33. The second kappa shape index (κ2) is 5.83. The molecule has 1 aromatic heterocycles. The van der Waals surface area contributed by atoms with Crippen LogP contribution in [0.1, 0.15) is 17.6 Å². The molecule has 0 bridgehead atoms. The lowest BCUT2D eigenvalue weighted by Crippen LogP contribution is -2.48. The molecule has 1 saturated heterocycles. The molecule has 0 saturated carbocycles. The minimum atomic E-state index is -0.0579. The number of benzene rings is 1. The Hall–Kier alpha value is -1.92. The molecular formula is C14H15ClN4O2. The minimum absolute atomic E-state index is 0.0579. The number of hydrogen-bond donors (Lipinski definition) is 1. The monoisotopic (exact) mass is 306 g/mol. The fourth-order valence-electron chi connectivity index (χ4n) is 2.30. The van der Waals surface area contributed by atoms with Crippen molar-refractivity contribution in [3.8, 4) is 0 Å². The largest absolute Gasteiger partial charge is 0.339 e. The summed E-state index contributed by atoms with van der Waals surface area (Å²) in [7, 11) is 0. The second-order valence-electron chi connectivity index (χ2n) is 5.13. The summed E-state index contributed by atoms with van der Waals surface area (Å²) in [5.74, 6) is 1.46. The predicted molar refractivity (Wildman–Crippen MR) is 78.3 cm³/mol. The maximum absolute atomic E-state index is 11.9. The molecule has 0 atom stereocenters. The van der Waals surface area contributed by atoms with Crippen LogP contribution in [0, 0.1) is 6.92 Å². The normalized spacial score (nSPS) is 15.7. The molecule has 1 fully saturated rings. The van der Waals surface area contributed by atoms with Crippen LogP contribution in [0.25, 0.3) is 0 Å². The highest BCUT2D eigenvalue weighted by Crippen LogP contribution is 2.25. The molecule has 7 heteroatoms. The predicted octanol–water partition coefficient (Wildman–Crippen LogP) is 2.07. The third-order valence-electron chi connectivity index (χ3n) is 3.33. The van der Waals surface area contributed by atoms with E-state index in [-0.39, 0.29) is 11.8 Å². The molecule has 2 heterocycles. The SMILES string of the molecule is Cc1noc(C2CN(CC(=O)Nc3cccc(Cl)c3)C2)n1. The number of rotatable bonds is 4. The summed E-state index contributed by atoms with van der Waals surface area (Å²) in [4.78, 5) is 18.2. The zero-order valence-corrected chi connectivity index (χ0v) is 12.3. The van der Waals surface area contributed by atoms with Gasteiger partial charge in [0.15, 0.2) is 5.82 Å². The van der Waals surface area contributed by atoms with Crippen molar-refractivity contribution in [2.45, 2.75) is 12.8 Å². The molecule has 1 amide bonds. The lowest BCUT2D eigenvalue weighted by molar-refractivity contribution is -0.118. The van der Waals surface area contributed by atoms with Gasteiger partial charge in [-0.15, -0.1) is 0 Å². The molecule has 0 aliphatic carbocycles. The summed E-state index contributed by atoms with van der Waals surface area (Å²) < 4.78 is 5.13. The number of aromatic nitrogens is 2. The number of nitrogens with zero attached hydrogens (tertiary/aromatic N) is 3. The van der Waals surface area contributed by atoms with Crippen LogP contribution in [-0.4, -0.2) is 40.6 Å². The summed E-state index contributed by atoms with van der Waals surface area (Å²) >= 11 is 5.88. The molecule has 1 aromatic carbocycles. The Balaban J connectivity index is 1.47. The van der Waals surface area contributed by atoms with Crippen molar-refractivity contribution in [2.75, 3.05) is 25.0 Å². The summed E-state index contributed by atoms with van der Waals surface area (Å²) in [5, 5.41) is 7.20. The number of nitrogens with one attached hydrogen (secondary N) is 1. The van der Waals surface area contributed by atoms with Crippen LogP contribution in [0.2, 0.25) is 5.02 Å². The zero-order valence-electron chi connectivity index (χ0n) is 11.5. The van der Waals surface area contributed by atoms with E-state index < -0.39 is 0 Å². The molecule has 21 heavy (non-hydrogen) atoms. The van der Waals surface area contributed by atoms with Gasteiger partial charge in [-0.25, -0.2) is 0 Å². The first-order valence-corrected chi connectivity index (χ1v) is 7.06. The van der Waals surface area contributed by atoms with Gasteiger partial charge in [0, 0.05) is 23.8 Å². The first-order valence-electron chi connectivity index (χ1n) is 6.68. The smallest absolute Gasteiger partial charge is 0.238 e. The lowest BCUT2D eigenvalue weighted by Gasteiger charge is -2.36. The van der Waals surface area contributed by atoms with Crippen molar-refractivity contribution in [1.29, 1.82) is 0 Å². The molecule has 2 aromatic rings. The van der Waals surface area contributed by atoms with Gasteiger partial charge in [-0.05, 0) is 25.1 Å². The number of anilines is 1. The van der Waals surface area contributed by atoms with E-state index >= 15 is 0 Å². The maximum atomic E-state index is 11.9. The van der Waals surface area contributed by atoms with Crippen molar-refractivity contribution < 1.29 is 9.32 Å². The van der Waals surface area contributed by atoms with E-state index in [0.717, 1.165) is 13.1 Å². The Morgan fingerprint density at radius 1 is 1.52 bits per heavy atom. The zero-order chi connectivity index (χ0) is 14.8. The van der Waals surface area contributed by atoms with E-state index in [4.69, 9.17) is 16.1 Å². The Kier molecular flexibility index (Phi) is 3.90. The van der Waals surface area contributed by atoms with Crippen molar-refractivity contribution in [2.24, 2.45) is 0 Å². The fourth-order valence-corrected chi connectivity index (χ4v) is 2.49. The number of amides is 1. The van der Waals surface area contributed by atoms with Gasteiger partial charge in [0.2, 0.25) is 11.8 Å². The van der Waals surface area contributed by atoms with Gasteiger partial charge in [0.25, 0.3) is 0 Å². The quantitative estimate of drug-likeness (QED) is 0.936. The van der Waals surface area contributed by atoms with Crippen molar-refractivity contribution in [1.82, 2.24) is 15.0 Å². The van der Waals surface area contributed by atoms with Gasteiger partial charge >= 0.3 is 0 Å². The van der Waals surface area contributed by atoms with E-state index in [1.165, 1.54) is 0 Å². The number of carbonyl (C=O) groups excluding carboxylic acids is 1. The van der Waals surface area contributed by atoms with E-state index in [9.17, 15) is 4.79 Å². The average Bonchev–Trinajstić information content (AvgIpc) is 2.79. The number of carbonyl (C=O) groups is 1. The molecule has 3 rings (SSSR count). The topological polar surface area (TPSA) is 71.3 Å². The Bertz CT molecular complexity index is 652. The van der Waals surface area contributed by atoms with Gasteiger partial charge in [-0.1, -0.05) is 22.8 Å². The van der Waals surface area contributed by atoms with Crippen LogP contribution in [0.5, 0.6) is 0 Å². The van der Waals surface area contributed by atoms with E-state index in [2.05, 4.69) is 15.5 Å². The number of hydrogen-bond acceptors (Lipinski definition) is 5. The standard InChI is InChI=1S/C14H15ClN4O2/c1-9-16-14(21-18-9)10-6-19(7-10)8-13(20)17-12-4-2-3-11(15)5-12/h2-5,10H,6-8H2,1H3,(H,17,20). The third kappa shape index (κ3) is 3.40. The number of likely N-dealkylation sites (tertiary alicyclic amines) is 1. The van der Waals surface area contributed by atoms with E-state index in [1.807, 2.05) is 11.0 Å². The fraction of sp³-hybridized carbons (Fsp3) is 0.357. The molecule has 0 radical (unpaired) electrons. The molecule has 0 unspecified atom stereocenters. The Labute approximate surface area is 127 Å². The molecule has 0 spiro atoms. The van der Waals surface area contributed by atoms with Crippen LogP contribution < -0.4 is 5.32 Å². The number of halogens is 1. The molecule has 1 aliphatic rings. The minimum Gasteiger partial charge on any atom is -0.339 e. The summed E-state index contributed by atoms with van der Waals surface area (Å²) in [6.07, 6.45) is 0. The van der Waals surface area contributed by atoms with E-state index in [1.54, 1.807) is 25.1 Å². The summed E-state index contributed by atoms with van der Waals surface area (Å²) in [6.45, 7) is 3.65. The third-order valence-corrected chi connectivity index (χ3v) is 3.56. The van der Waals surface area contributed by atoms with Crippen LogP contribution in [0.3, 0.4) is 0 Å². The molecule has 1 N–H and O–H groups in total. The highest BCUT2D eigenvalue weighted by atomic mass is 35.5. The van der Waals surface area contributed by atoms with Gasteiger partial charge in [0.05, 0.1) is 12.5 Å². The highest BCUT2D eigenvalue weighted by molar-refractivity contribution is 6.30. The maximum Gasteiger partial charge on any atom is 0.238 e. The second-order valence-corrected chi connectivity index (χ2v) is 5.57. The Morgan fingerprint density at radius 3 is 3.00 bits per heavy atom. The molecule has 6 nitrogen and oxygen atoms in total. The van der Waals surface area contributed by atoms with Gasteiger partial charge in [-0.2, -0.15) is 4.98 Å². The first kappa shape index (κ1) is 14.0. The van der Waals surface area contributed by atoms with Crippen LogP contribution >= 0.6 is 11.6 Å². The van der Waals surface area contributed by atoms with Gasteiger partial charge < -0.3 is 9.84 Å². The number of aryl methyl sites for hydroxylation is 1. The van der Waals surface area contributed by atoms with Gasteiger partial charge in [0.1, 0.15) is 0 Å². The lowest BCUT2D eigenvalue weighted by atomic mass is 10.0. The van der Waals surface area contributed by atoms with E-state index in [0.29, 0.717) is 29.0 Å². The first-order chi connectivity index (χ1) is 10.1. The molecular weight excluding hydrogens is 292 g/mol. The summed E-state index contributed by atoms with van der Waals surface area (Å²) in [5.41, 5.74) is 0.706. The van der Waals surface area contributed by atoms with Crippen molar-refractivity contribution in [3.63, 3.8) is 0 Å². The van der Waals surface area contributed by atoms with Crippen molar-refractivity contribution >= 4 is 23.2 Å². The average molecular weight is 307 g/mol. The molecule has 1 aliphatic heterocycles. The van der Waals surface area contributed by atoms with Crippen LogP contribution in [-0.2, 0) is 4.79 Å².